The Morgan fingerprint density at radius 2 is 1.80 bits per heavy atom. The van der Waals surface area contributed by atoms with Gasteiger partial charge in [0.25, 0.3) is 5.91 Å². The number of carbonyl (C=O) groups is 3. The number of anilines is 2. The molecular formula is C41H46ClN9O4. The zero-order valence-electron chi connectivity index (χ0n) is 30.8. The number of nitrogens with one attached hydrogen (secondary N) is 2. The van der Waals surface area contributed by atoms with Crippen LogP contribution in [0.2, 0.25) is 5.02 Å². The van der Waals surface area contributed by atoms with E-state index >= 15 is 0 Å². The highest BCUT2D eigenvalue weighted by Crippen LogP contribution is 2.34. The topological polar surface area (TPSA) is 149 Å². The van der Waals surface area contributed by atoms with E-state index in [1.807, 2.05) is 18.2 Å². The van der Waals surface area contributed by atoms with Crippen LogP contribution in [0.25, 0.3) is 10.9 Å². The molecule has 0 unspecified atom stereocenters. The molecule has 5 heterocycles. The molecule has 0 spiro atoms. The van der Waals surface area contributed by atoms with Crippen molar-refractivity contribution < 1.29 is 19.1 Å². The third-order valence-corrected chi connectivity index (χ3v) is 12.0. The Morgan fingerprint density at radius 1 is 0.964 bits per heavy atom. The van der Waals surface area contributed by atoms with Crippen molar-refractivity contribution in [2.75, 3.05) is 49.1 Å². The van der Waals surface area contributed by atoms with Gasteiger partial charge in [0.15, 0.2) is 11.5 Å². The zero-order chi connectivity index (χ0) is 37.9. The summed E-state index contributed by atoms with van der Waals surface area (Å²) in [5.41, 5.74) is 2.71. The van der Waals surface area contributed by atoms with Gasteiger partial charge in [0.1, 0.15) is 11.8 Å². The quantitative estimate of drug-likeness (QED) is 0.207. The second-order valence-corrected chi connectivity index (χ2v) is 15.7. The van der Waals surface area contributed by atoms with Gasteiger partial charge in [0.2, 0.25) is 5.91 Å². The van der Waals surface area contributed by atoms with Crippen LogP contribution in [-0.4, -0.2) is 88.9 Å². The van der Waals surface area contributed by atoms with Gasteiger partial charge in [-0.2, -0.15) is 5.26 Å². The monoisotopic (exact) mass is 763 g/mol. The van der Waals surface area contributed by atoms with Gasteiger partial charge in [0.05, 0.1) is 27.9 Å². The number of ether oxygens (including phenoxy) is 1. The summed E-state index contributed by atoms with van der Waals surface area (Å²) in [6.45, 7) is 5.34. The maximum atomic E-state index is 13.1. The predicted octanol–water partition coefficient (Wildman–Crippen LogP) is 6.08. The molecule has 13 nitrogen and oxygen atoms in total. The number of amides is 4. The molecule has 8 rings (SSSR count). The van der Waals surface area contributed by atoms with Crippen LogP contribution in [0.1, 0.15) is 79.9 Å². The van der Waals surface area contributed by atoms with Crippen LogP contribution in [-0.2, 0) is 4.79 Å². The van der Waals surface area contributed by atoms with Crippen molar-refractivity contribution >= 4 is 51.9 Å². The van der Waals surface area contributed by atoms with Crippen molar-refractivity contribution in [2.45, 2.75) is 76.0 Å². The molecule has 286 valence electrons. The summed E-state index contributed by atoms with van der Waals surface area (Å²) in [5, 5.41) is 24.9. The summed E-state index contributed by atoms with van der Waals surface area (Å²) >= 11 is 6.16. The fourth-order valence-corrected chi connectivity index (χ4v) is 8.95. The molecular weight excluding hydrogens is 718 g/mol. The van der Waals surface area contributed by atoms with E-state index < -0.39 is 0 Å². The second kappa shape index (κ2) is 16.3. The SMILES string of the molecule is N#Cc1ccc(O[C@H]2CC[C@H](NC(=O)c3ccc(N4CCC[C@H](CN5CCC(n6ccc7c(N8CCC(=O)NC8=O)cccc76)CC5)C4)nn3)CC2)cc1Cl. The molecule has 0 bridgehead atoms. The first kappa shape index (κ1) is 36.8. The van der Waals surface area contributed by atoms with Gasteiger partial charge >= 0.3 is 6.03 Å². The van der Waals surface area contributed by atoms with Gasteiger partial charge in [0, 0.05) is 75.4 Å². The standard InChI is InChI=1S/C41H46ClN9O4/c42-34-23-32(9-6-28(34)24-43)55-31-10-7-29(8-11-31)44-40(53)35-12-13-38(47-46-35)49-18-2-3-27(26-49)25-48-19-14-30(15-20-48)50-21-16-33-36(50)4-1-5-37(33)51-22-17-39(52)45-41(51)54/h1,4-6,9,12-13,16,21,23,27,29-31H,2-3,7-8,10-11,14-15,17-20,22,25-26H2,(H,44,53)(H,45,52,54)/t27-,29-,31-/m1/s1. The molecule has 4 aromatic rings. The minimum Gasteiger partial charge on any atom is -0.490 e. The number of likely N-dealkylation sites (tertiary alicyclic amines) is 1. The fraction of sp³-hybridized carbons (Fsp3) is 0.463. The van der Waals surface area contributed by atoms with Crippen molar-refractivity contribution in [3.05, 3.63) is 77.1 Å². The number of piperidine rings is 2. The Morgan fingerprint density at radius 3 is 2.55 bits per heavy atom. The van der Waals surface area contributed by atoms with E-state index in [1.165, 1.54) is 6.42 Å². The molecule has 3 saturated heterocycles. The first-order valence-electron chi connectivity index (χ1n) is 19.5. The van der Waals surface area contributed by atoms with Gasteiger partial charge in [-0.3, -0.25) is 19.8 Å². The third-order valence-electron chi connectivity index (χ3n) is 11.7. The predicted molar refractivity (Wildman–Crippen MR) is 209 cm³/mol. The van der Waals surface area contributed by atoms with Crippen molar-refractivity contribution in [1.29, 1.82) is 5.26 Å². The summed E-state index contributed by atoms with van der Waals surface area (Å²) < 4.78 is 8.46. The molecule has 2 N–H and O–H groups in total. The van der Waals surface area contributed by atoms with E-state index in [2.05, 4.69) is 59.6 Å². The molecule has 3 aliphatic heterocycles. The van der Waals surface area contributed by atoms with Gasteiger partial charge < -0.3 is 24.4 Å². The molecule has 55 heavy (non-hydrogen) atoms. The maximum absolute atomic E-state index is 13.1. The highest BCUT2D eigenvalue weighted by Gasteiger charge is 2.30. The number of nitriles is 1. The van der Waals surface area contributed by atoms with E-state index in [4.69, 9.17) is 21.6 Å². The smallest absolute Gasteiger partial charge is 0.328 e. The summed E-state index contributed by atoms with van der Waals surface area (Å²) in [4.78, 5) is 43.9. The molecule has 0 radical (unpaired) electrons. The van der Waals surface area contributed by atoms with Gasteiger partial charge in [-0.25, -0.2) is 4.79 Å². The first-order chi connectivity index (χ1) is 26.8. The number of aromatic nitrogens is 3. The number of nitrogens with zero attached hydrogens (tertiary/aromatic N) is 7. The lowest BCUT2D eigenvalue weighted by atomic mass is 9.92. The normalized spacial score (nSPS) is 22.7. The Labute approximate surface area is 325 Å². The highest BCUT2D eigenvalue weighted by molar-refractivity contribution is 6.31. The Balaban J connectivity index is 0.791. The Kier molecular flexibility index (Phi) is 10.9. The van der Waals surface area contributed by atoms with E-state index in [-0.39, 0.29) is 30.0 Å². The maximum Gasteiger partial charge on any atom is 0.328 e. The lowest BCUT2D eigenvalue weighted by Gasteiger charge is -2.39. The van der Waals surface area contributed by atoms with Crippen LogP contribution in [0.15, 0.2) is 60.8 Å². The lowest BCUT2D eigenvalue weighted by molar-refractivity contribution is -0.120. The number of imide groups is 1. The van der Waals surface area contributed by atoms with Gasteiger partial charge in [-0.05, 0) is 99.7 Å². The average Bonchev–Trinajstić information content (AvgIpc) is 3.64. The van der Waals surface area contributed by atoms with E-state index in [1.54, 1.807) is 29.2 Å². The van der Waals surface area contributed by atoms with Crippen molar-refractivity contribution in [1.82, 2.24) is 30.3 Å². The van der Waals surface area contributed by atoms with Crippen LogP contribution in [0.5, 0.6) is 5.75 Å². The molecule has 14 heteroatoms. The van der Waals surface area contributed by atoms with Crippen LogP contribution in [0, 0.1) is 17.2 Å². The van der Waals surface area contributed by atoms with Crippen molar-refractivity contribution in [3.8, 4) is 11.8 Å². The largest absolute Gasteiger partial charge is 0.490 e. The number of hydrogen-bond donors (Lipinski definition) is 2. The minimum atomic E-state index is -0.357. The molecule has 1 saturated carbocycles. The van der Waals surface area contributed by atoms with Crippen molar-refractivity contribution in [2.24, 2.45) is 5.92 Å². The van der Waals surface area contributed by atoms with Gasteiger partial charge in [-0.15, -0.1) is 10.2 Å². The van der Waals surface area contributed by atoms with Crippen molar-refractivity contribution in [3.63, 3.8) is 0 Å². The Bertz CT molecular complexity index is 2080. The number of rotatable bonds is 9. The Hall–Kier alpha value is -5.19. The summed E-state index contributed by atoms with van der Waals surface area (Å²) in [6, 6.07) is 19.1. The zero-order valence-corrected chi connectivity index (χ0v) is 31.6. The molecule has 1 aliphatic carbocycles. The summed E-state index contributed by atoms with van der Waals surface area (Å²) in [6.07, 6.45) is 10.1. The molecule has 1 atom stereocenters. The van der Waals surface area contributed by atoms with E-state index in [0.29, 0.717) is 47.0 Å². The van der Waals surface area contributed by atoms with Crippen LogP contribution in [0.4, 0.5) is 16.3 Å². The summed E-state index contributed by atoms with van der Waals surface area (Å²) in [7, 11) is 0. The van der Waals surface area contributed by atoms with Gasteiger partial charge in [-0.1, -0.05) is 17.7 Å². The third kappa shape index (κ3) is 8.26. The molecule has 2 aromatic heterocycles. The number of hydrogen-bond acceptors (Lipinski definition) is 9. The second-order valence-electron chi connectivity index (χ2n) is 15.3. The lowest BCUT2D eigenvalue weighted by Crippen LogP contribution is -2.49. The number of benzene rings is 2. The number of halogens is 1. The number of urea groups is 1. The number of carbonyl (C=O) groups excluding carboxylic acids is 3. The molecule has 2 aromatic carbocycles. The number of fused-ring (bicyclic) bond motifs is 1. The molecule has 4 aliphatic rings. The van der Waals surface area contributed by atoms with Crippen LogP contribution >= 0.6 is 11.6 Å². The first-order valence-corrected chi connectivity index (χ1v) is 19.9. The van der Waals surface area contributed by atoms with Crippen LogP contribution in [0.3, 0.4) is 0 Å². The molecule has 4 fully saturated rings. The van der Waals surface area contributed by atoms with Crippen LogP contribution < -0.4 is 25.2 Å². The highest BCUT2D eigenvalue weighted by atomic mass is 35.5. The van der Waals surface area contributed by atoms with E-state index in [0.717, 1.165) is 100 Å². The minimum absolute atomic E-state index is 0.0318. The fourth-order valence-electron chi connectivity index (χ4n) is 8.74. The van der Waals surface area contributed by atoms with E-state index in [9.17, 15) is 14.4 Å². The molecule has 4 amide bonds. The average molecular weight is 764 g/mol. The summed E-state index contributed by atoms with van der Waals surface area (Å²) in [5.74, 6) is 1.56.